The van der Waals surface area contributed by atoms with Crippen LogP contribution in [0.2, 0.25) is 0 Å². The minimum atomic E-state index is -4.09. The summed E-state index contributed by atoms with van der Waals surface area (Å²) in [5.74, 6) is 0. The lowest BCUT2D eigenvalue weighted by Crippen LogP contribution is -2.03. The second-order valence-corrected chi connectivity index (χ2v) is 7.65. The molecule has 0 saturated heterocycles. The number of rotatable bonds is 10. The van der Waals surface area contributed by atoms with Crippen LogP contribution in [0.25, 0.3) is 0 Å². The summed E-state index contributed by atoms with van der Waals surface area (Å²) in [6.45, 7) is 8.01. The highest BCUT2D eigenvalue weighted by atomic mass is 32.2. The molecule has 0 radical (unpaired) electrons. The topological polar surface area (TPSA) is 115 Å². The number of hydrogen-bond acceptors (Lipinski definition) is 5. The first-order valence-electron chi connectivity index (χ1n) is 10.7. The zero-order chi connectivity index (χ0) is 23.0. The molecule has 0 heterocycles. The lowest BCUT2D eigenvalue weighted by molar-refractivity contribution is 0.318. The van der Waals surface area contributed by atoms with Gasteiger partial charge in [0.1, 0.15) is 0 Å². The number of benzene rings is 1. The van der Waals surface area contributed by atoms with E-state index in [-0.39, 0.29) is 24.7 Å². The molecule has 174 valence electrons. The van der Waals surface area contributed by atoms with E-state index >= 15 is 0 Å². The van der Waals surface area contributed by atoms with Crippen molar-refractivity contribution in [2.75, 3.05) is 19.8 Å². The van der Waals surface area contributed by atoms with E-state index in [0.717, 1.165) is 18.4 Å². The van der Waals surface area contributed by atoms with Crippen LogP contribution in [0.15, 0.2) is 29.2 Å². The Morgan fingerprint density at radius 1 is 0.690 bits per heavy atom. The highest BCUT2D eigenvalue weighted by molar-refractivity contribution is 7.85. The zero-order valence-corrected chi connectivity index (χ0v) is 19.6. The number of aryl methyl sites for hydroxylation is 1. The minimum Gasteiger partial charge on any atom is -0.397 e. The first kappa shape index (κ1) is 32.7. The van der Waals surface area contributed by atoms with Crippen LogP contribution in [-0.4, -0.2) is 48.1 Å². The molecule has 0 aliphatic heterocycles. The van der Waals surface area contributed by atoms with E-state index < -0.39 is 10.1 Å². The number of aliphatic hydroxyl groups is 3. The molecule has 0 unspecified atom stereocenters. The molecular weight excluding hydrogens is 392 g/mol. The van der Waals surface area contributed by atoms with E-state index in [2.05, 4.69) is 6.92 Å². The summed E-state index contributed by atoms with van der Waals surface area (Å²) in [4.78, 5) is 0.0583. The summed E-state index contributed by atoms with van der Waals surface area (Å²) in [6.07, 6.45) is 10.5. The minimum absolute atomic E-state index is 0.0583. The molecule has 0 aromatic heterocycles. The summed E-state index contributed by atoms with van der Waals surface area (Å²) in [7, 11) is -4.09. The fourth-order valence-corrected chi connectivity index (χ4v) is 3.16. The van der Waals surface area contributed by atoms with Gasteiger partial charge in [0.25, 0.3) is 10.1 Å². The molecule has 1 rings (SSSR count). The molecule has 0 spiro atoms. The largest absolute Gasteiger partial charge is 0.397 e. The van der Waals surface area contributed by atoms with Gasteiger partial charge in [-0.1, -0.05) is 70.1 Å². The first-order chi connectivity index (χ1) is 13.8. The molecule has 0 fully saturated rings. The van der Waals surface area contributed by atoms with Crippen molar-refractivity contribution < 1.29 is 28.3 Å². The molecule has 1 aromatic rings. The van der Waals surface area contributed by atoms with Crippen molar-refractivity contribution in [2.24, 2.45) is 0 Å². The molecule has 0 aliphatic rings. The van der Waals surface area contributed by atoms with Gasteiger partial charge < -0.3 is 15.3 Å². The molecule has 7 heteroatoms. The molecule has 1 aromatic carbocycles. The van der Waals surface area contributed by atoms with E-state index in [1.807, 2.05) is 6.07 Å². The zero-order valence-electron chi connectivity index (χ0n) is 18.8. The SMILES string of the molecule is CCCCCCCCCCc1ccccc1S(=O)(=O)O.CCO.CCO.CCO. The van der Waals surface area contributed by atoms with Crippen molar-refractivity contribution in [1.29, 1.82) is 0 Å². The maximum atomic E-state index is 11.2. The summed E-state index contributed by atoms with van der Waals surface area (Å²) in [6, 6.07) is 6.70. The third-order valence-electron chi connectivity index (χ3n) is 3.55. The van der Waals surface area contributed by atoms with Gasteiger partial charge in [-0.15, -0.1) is 0 Å². The van der Waals surface area contributed by atoms with Crippen molar-refractivity contribution >= 4 is 10.1 Å². The smallest absolute Gasteiger partial charge is 0.294 e. The Balaban J connectivity index is -0.000000638. The summed E-state index contributed by atoms with van der Waals surface area (Å²) >= 11 is 0. The Morgan fingerprint density at radius 2 is 1.07 bits per heavy atom. The van der Waals surface area contributed by atoms with Crippen molar-refractivity contribution in [2.45, 2.75) is 90.4 Å². The monoisotopic (exact) mass is 436 g/mol. The van der Waals surface area contributed by atoms with Gasteiger partial charge in [0, 0.05) is 19.8 Å². The van der Waals surface area contributed by atoms with Gasteiger partial charge in [-0.3, -0.25) is 4.55 Å². The van der Waals surface area contributed by atoms with Crippen LogP contribution in [0.3, 0.4) is 0 Å². The Hall–Kier alpha value is -0.990. The van der Waals surface area contributed by atoms with Crippen LogP contribution in [-0.2, 0) is 16.5 Å². The molecule has 0 bridgehead atoms. The van der Waals surface area contributed by atoms with Gasteiger partial charge in [0.05, 0.1) is 4.90 Å². The quantitative estimate of drug-likeness (QED) is 0.314. The van der Waals surface area contributed by atoms with Gasteiger partial charge in [0.15, 0.2) is 0 Å². The maximum absolute atomic E-state index is 11.2. The van der Waals surface area contributed by atoms with E-state index in [0.29, 0.717) is 6.42 Å². The highest BCUT2D eigenvalue weighted by Crippen LogP contribution is 2.18. The highest BCUT2D eigenvalue weighted by Gasteiger charge is 2.13. The van der Waals surface area contributed by atoms with E-state index in [1.165, 1.54) is 44.6 Å². The van der Waals surface area contributed by atoms with Gasteiger partial charge in [-0.25, -0.2) is 0 Å². The number of aliphatic hydroxyl groups excluding tert-OH is 3. The third-order valence-corrected chi connectivity index (χ3v) is 4.50. The maximum Gasteiger partial charge on any atom is 0.294 e. The number of unbranched alkanes of at least 4 members (excludes halogenated alkanes) is 7. The van der Waals surface area contributed by atoms with E-state index in [4.69, 9.17) is 19.9 Å². The van der Waals surface area contributed by atoms with Gasteiger partial charge >= 0.3 is 0 Å². The van der Waals surface area contributed by atoms with Gasteiger partial charge in [0.2, 0.25) is 0 Å². The van der Waals surface area contributed by atoms with Crippen LogP contribution in [0.5, 0.6) is 0 Å². The molecule has 0 atom stereocenters. The summed E-state index contributed by atoms with van der Waals surface area (Å²) < 4.78 is 31.7. The fourth-order valence-electron chi connectivity index (χ4n) is 2.41. The van der Waals surface area contributed by atoms with Crippen molar-refractivity contribution in [3.63, 3.8) is 0 Å². The van der Waals surface area contributed by atoms with Crippen LogP contribution >= 0.6 is 0 Å². The molecule has 29 heavy (non-hydrogen) atoms. The van der Waals surface area contributed by atoms with Gasteiger partial charge in [-0.05, 0) is 45.2 Å². The van der Waals surface area contributed by atoms with E-state index in [9.17, 15) is 8.42 Å². The molecule has 0 amide bonds. The summed E-state index contributed by atoms with van der Waals surface area (Å²) in [5.41, 5.74) is 0.723. The first-order valence-corrected chi connectivity index (χ1v) is 12.1. The normalized spacial score (nSPS) is 9.93. The van der Waals surface area contributed by atoms with Crippen molar-refractivity contribution in [3.05, 3.63) is 29.8 Å². The molecule has 0 aliphatic carbocycles. The number of hydrogen-bond donors (Lipinski definition) is 4. The van der Waals surface area contributed by atoms with Crippen molar-refractivity contribution in [1.82, 2.24) is 0 Å². The Kier molecular flexibility index (Phi) is 28.2. The summed E-state index contributed by atoms with van der Waals surface area (Å²) in [5, 5.41) is 22.7. The van der Waals surface area contributed by atoms with Crippen molar-refractivity contribution in [3.8, 4) is 0 Å². The van der Waals surface area contributed by atoms with Crippen LogP contribution in [0.1, 0.15) is 84.6 Å². The molecule has 0 saturated carbocycles. The Bertz CT molecular complexity index is 527. The third kappa shape index (κ3) is 25.0. The van der Waals surface area contributed by atoms with Crippen LogP contribution in [0.4, 0.5) is 0 Å². The molecular formula is C22H44O6S. The average molecular weight is 437 g/mol. The Morgan fingerprint density at radius 3 is 1.48 bits per heavy atom. The lowest BCUT2D eigenvalue weighted by Gasteiger charge is -2.06. The lowest BCUT2D eigenvalue weighted by atomic mass is 10.0. The predicted molar refractivity (Wildman–Crippen MR) is 121 cm³/mol. The second-order valence-electron chi connectivity index (χ2n) is 6.26. The second kappa shape index (κ2) is 25.0. The predicted octanol–water partition coefficient (Wildman–Crippen LogP) is 4.61. The van der Waals surface area contributed by atoms with Crippen LogP contribution < -0.4 is 0 Å². The van der Waals surface area contributed by atoms with Crippen LogP contribution in [0, 0.1) is 0 Å². The standard InChI is InChI=1S/C16H26O3S.3C2H6O/c1-2-3-4-5-6-7-8-9-12-15-13-10-11-14-16(15)20(17,18)19;3*1-2-3/h10-11,13-14H,2-9,12H2,1H3,(H,17,18,19);3*3H,2H2,1H3. The molecule has 6 nitrogen and oxygen atoms in total. The fraction of sp³-hybridized carbons (Fsp3) is 0.727. The average Bonchev–Trinajstić information content (AvgIpc) is 2.65. The molecule has 4 N–H and O–H groups in total. The van der Waals surface area contributed by atoms with Gasteiger partial charge in [-0.2, -0.15) is 8.42 Å². The van der Waals surface area contributed by atoms with E-state index in [1.54, 1.807) is 32.9 Å². The Labute approximate surface area is 178 Å².